The molecule has 0 N–H and O–H groups in total. The third kappa shape index (κ3) is 3.80. The Balaban J connectivity index is 1.47. The van der Waals surface area contributed by atoms with Crippen LogP contribution in [0.1, 0.15) is 34.5 Å². The van der Waals surface area contributed by atoms with Gasteiger partial charge in [0.05, 0.1) is 28.6 Å². The molecule has 0 bridgehead atoms. The molecule has 1 aliphatic rings. The molecule has 1 unspecified atom stereocenters. The van der Waals surface area contributed by atoms with Crippen molar-refractivity contribution in [3.63, 3.8) is 0 Å². The number of carbonyl (C=O) groups excluding carboxylic acids is 1. The second-order valence-electron chi connectivity index (χ2n) is 7.96. The summed E-state index contributed by atoms with van der Waals surface area (Å²) in [6, 6.07) is 16.2. The lowest BCUT2D eigenvalue weighted by Crippen LogP contribution is -2.44. The smallest absolute Gasteiger partial charge is 0.268 e. The summed E-state index contributed by atoms with van der Waals surface area (Å²) in [5, 5.41) is 7.15. The van der Waals surface area contributed by atoms with Crippen LogP contribution in [0.2, 0.25) is 0 Å². The molecular weight excluding hydrogens is 422 g/mol. The number of aromatic nitrogens is 2. The van der Waals surface area contributed by atoms with Gasteiger partial charge in [0.15, 0.2) is 6.10 Å². The van der Waals surface area contributed by atoms with Gasteiger partial charge >= 0.3 is 0 Å². The third-order valence-corrected chi connectivity index (χ3v) is 6.56. The Morgan fingerprint density at radius 2 is 1.94 bits per heavy atom. The Bertz CT molecular complexity index is 1260. The average Bonchev–Trinajstić information content (AvgIpc) is 3.38. The summed E-state index contributed by atoms with van der Waals surface area (Å²) in [6.07, 6.45) is 0.249. The Hall–Kier alpha value is -3.45. The van der Waals surface area contributed by atoms with E-state index in [-0.39, 0.29) is 5.91 Å². The fraction of sp³-hybridized carbons (Fsp3) is 0.240. The molecule has 6 nitrogen and oxygen atoms in total. The number of benzene rings is 2. The van der Waals surface area contributed by atoms with Gasteiger partial charge in [0.1, 0.15) is 11.5 Å². The monoisotopic (exact) mass is 445 g/mol. The van der Waals surface area contributed by atoms with E-state index in [0.29, 0.717) is 12.3 Å². The molecule has 5 rings (SSSR count). The van der Waals surface area contributed by atoms with Gasteiger partial charge < -0.3 is 14.2 Å². The van der Waals surface area contributed by atoms with Crippen LogP contribution in [0.15, 0.2) is 58.4 Å². The molecule has 0 saturated carbocycles. The number of hydrogen-bond acceptors (Lipinski definition) is 6. The molecule has 1 atom stereocenters. The molecule has 1 aliphatic heterocycles. The Kier molecular flexibility index (Phi) is 5.27. The maximum atomic E-state index is 13.0. The van der Waals surface area contributed by atoms with Gasteiger partial charge in [0, 0.05) is 22.9 Å². The van der Waals surface area contributed by atoms with Gasteiger partial charge in [-0.25, -0.2) is 4.98 Å². The summed E-state index contributed by atoms with van der Waals surface area (Å²) in [4.78, 5) is 19.6. The molecule has 162 valence electrons. The molecule has 2 aromatic heterocycles. The SMILES string of the molecule is Cc1noc(C)c1CN1C(=O)C(C)Oc2ccc(-c3csc(Cc4ccccc4)n3)cc21. The second-order valence-corrected chi connectivity index (χ2v) is 8.90. The van der Waals surface area contributed by atoms with Gasteiger partial charge in [-0.2, -0.15) is 0 Å². The van der Waals surface area contributed by atoms with Crippen molar-refractivity contribution in [1.82, 2.24) is 10.1 Å². The highest BCUT2D eigenvalue weighted by Gasteiger charge is 2.33. The summed E-state index contributed by atoms with van der Waals surface area (Å²) in [5.74, 6) is 1.32. The first-order valence-electron chi connectivity index (χ1n) is 10.5. The first-order chi connectivity index (χ1) is 15.5. The van der Waals surface area contributed by atoms with Gasteiger partial charge in [-0.15, -0.1) is 11.3 Å². The predicted molar refractivity (Wildman–Crippen MR) is 124 cm³/mol. The fourth-order valence-corrected chi connectivity index (χ4v) is 4.75. The molecule has 0 fully saturated rings. The van der Waals surface area contributed by atoms with Gasteiger partial charge in [0.2, 0.25) is 0 Å². The van der Waals surface area contributed by atoms with Crippen molar-refractivity contribution in [3.8, 4) is 17.0 Å². The minimum absolute atomic E-state index is 0.0855. The quantitative estimate of drug-likeness (QED) is 0.416. The van der Waals surface area contributed by atoms with Crippen LogP contribution >= 0.6 is 11.3 Å². The number of anilines is 1. The minimum Gasteiger partial charge on any atom is -0.479 e. The molecule has 2 aromatic carbocycles. The molecule has 3 heterocycles. The molecule has 0 radical (unpaired) electrons. The molecule has 0 saturated heterocycles. The number of ether oxygens (including phenoxy) is 1. The van der Waals surface area contributed by atoms with Crippen LogP contribution in [0, 0.1) is 13.8 Å². The lowest BCUT2D eigenvalue weighted by atomic mass is 10.1. The van der Waals surface area contributed by atoms with Crippen LogP contribution in [-0.2, 0) is 17.8 Å². The summed E-state index contributed by atoms with van der Waals surface area (Å²) in [7, 11) is 0. The van der Waals surface area contributed by atoms with Crippen molar-refractivity contribution in [2.75, 3.05) is 4.90 Å². The minimum atomic E-state index is -0.550. The van der Waals surface area contributed by atoms with E-state index in [9.17, 15) is 4.79 Å². The zero-order chi connectivity index (χ0) is 22.2. The van der Waals surface area contributed by atoms with Crippen molar-refractivity contribution in [2.45, 2.75) is 39.8 Å². The number of nitrogens with zero attached hydrogens (tertiary/aromatic N) is 3. The van der Waals surface area contributed by atoms with Crippen LogP contribution in [-0.4, -0.2) is 22.2 Å². The van der Waals surface area contributed by atoms with Gasteiger partial charge in [-0.05, 0) is 44.5 Å². The topological polar surface area (TPSA) is 68.5 Å². The number of rotatable bonds is 5. The van der Waals surface area contributed by atoms with E-state index in [2.05, 4.69) is 22.7 Å². The zero-order valence-electron chi connectivity index (χ0n) is 18.2. The van der Waals surface area contributed by atoms with Gasteiger partial charge in [0.25, 0.3) is 5.91 Å². The number of fused-ring (bicyclic) bond motifs is 1. The molecule has 4 aromatic rings. The van der Waals surface area contributed by atoms with E-state index in [0.717, 1.165) is 45.4 Å². The molecule has 1 amide bonds. The molecule has 0 spiro atoms. The summed E-state index contributed by atoms with van der Waals surface area (Å²) in [5.41, 5.74) is 5.53. The van der Waals surface area contributed by atoms with Crippen molar-refractivity contribution < 1.29 is 14.1 Å². The summed E-state index contributed by atoms with van der Waals surface area (Å²) >= 11 is 1.64. The standard InChI is InChI=1S/C25H23N3O3S/c1-15-20(16(2)31-27-15)13-28-22-12-19(9-10-23(22)30-17(3)25(28)29)21-14-32-24(26-21)11-18-7-5-4-6-8-18/h4-10,12,14,17H,11,13H2,1-3H3. The fourth-order valence-electron chi connectivity index (χ4n) is 3.91. The second kappa shape index (κ2) is 8.24. The number of hydrogen-bond donors (Lipinski definition) is 0. The zero-order valence-corrected chi connectivity index (χ0v) is 19.0. The third-order valence-electron chi connectivity index (χ3n) is 5.71. The lowest BCUT2D eigenvalue weighted by molar-refractivity contribution is -0.125. The predicted octanol–water partition coefficient (Wildman–Crippen LogP) is 5.32. The number of thiazole rings is 1. The largest absolute Gasteiger partial charge is 0.479 e. The Morgan fingerprint density at radius 3 is 2.69 bits per heavy atom. The van der Waals surface area contributed by atoms with Crippen LogP contribution < -0.4 is 9.64 Å². The average molecular weight is 446 g/mol. The first-order valence-corrected chi connectivity index (χ1v) is 11.4. The molecular formula is C25H23N3O3S. The normalized spacial score (nSPS) is 15.5. The van der Waals surface area contributed by atoms with E-state index in [1.807, 2.05) is 50.2 Å². The van der Waals surface area contributed by atoms with Crippen LogP contribution in [0.3, 0.4) is 0 Å². The highest BCUT2D eigenvalue weighted by molar-refractivity contribution is 7.10. The van der Waals surface area contributed by atoms with Crippen LogP contribution in [0.5, 0.6) is 5.75 Å². The van der Waals surface area contributed by atoms with Crippen molar-refractivity contribution in [3.05, 3.63) is 81.5 Å². The molecule has 0 aliphatic carbocycles. The van der Waals surface area contributed by atoms with Crippen molar-refractivity contribution >= 4 is 22.9 Å². The summed E-state index contributed by atoms with van der Waals surface area (Å²) in [6.45, 7) is 5.92. The van der Waals surface area contributed by atoms with E-state index in [4.69, 9.17) is 14.2 Å². The Morgan fingerprint density at radius 1 is 1.12 bits per heavy atom. The van der Waals surface area contributed by atoms with Crippen LogP contribution in [0.4, 0.5) is 5.69 Å². The van der Waals surface area contributed by atoms with Crippen molar-refractivity contribution in [1.29, 1.82) is 0 Å². The maximum Gasteiger partial charge on any atom is 0.268 e. The van der Waals surface area contributed by atoms with Gasteiger partial charge in [-0.3, -0.25) is 4.79 Å². The first kappa shape index (κ1) is 20.5. The van der Waals surface area contributed by atoms with Crippen molar-refractivity contribution in [2.24, 2.45) is 0 Å². The van der Waals surface area contributed by atoms with E-state index in [1.54, 1.807) is 23.2 Å². The highest BCUT2D eigenvalue weighted by atomic mass is 32.1. The number of carbonyl (C=O) groups is 1. The lowest BCUT2D eigenvalue weighted by Gasteiger charge is -2.33. The van der Waals surface area contributed by atoms with E-state index >= 15 is 0 Å². The summed E-state index contributed by atoms with van der Waals surface area (Å²) < 4.78 is 11.2. The molecule has 7 heteroatoms. The van der Waals surface area contributed by atoms with Gasteiger partial charge in [-0.1, -0.05) is 35.5 Å². The number of aryl methyl sites for hydroxylation is 2. The number of amides is 1. The van der Waals surface area contributed by atoms with Crippen LogP contribution in [0.25, 0.3) is 11.3 Å². The Labute approximate surface area is 190 Å². The molecule has 32 heavy (non-hydrogen) atoms. The highest BCUT2D eigenvalue weighted by Crippen LogP contribution is 2.39. The maximum absolute atomic E-state index is 13.0. The van der Waals surface area contributed by atoms with E-state index < -0.39 is 6.10 Å². The van der Waals surface area contributed by atoms with E-state index in [1.165, 1.54) is 5.56 Å².